The Bertz CT molecular complexity index is 394. The Kier molecular flexibility index (Phi) is 5.36. The van der Waals surface area contributed by atoms with Crippen molar-refractivity contribution in [3.8, 4) is 0 Å². The molecule has 104 valence electrons. The molecule has 0 saturated carbocycles. The summed E-state index contributed by atoms with van der Waals surface area (Å²) in [7, 11) is 0. The van der Waals surface area contributed by atoms with Crippen LogP contribution in [0.15, 0.2) is 30.3 Å². The Hall–Kier alpha value is -1.39. The van der Waals surface area contributed by atoms with E-state index in [1.165, 1.54) is 5.56 Å². The van der Waals surface area contributed by atoms with Crippen LogP contribution in [-0.4, -0.2) is 25.1 Å². The molecule has 4 nitrogen and oxygen atoms in total. The Morgan fingerprint density at radius 1 is 1.37 bits per heavy atom. The second-order valence-corrected chi connectivity index (χ2v) is 5.13. The molecular weight excluding hydrogens is 240 g/mol. The first-order chi connectivity index (χ1) is 9.25. The minimum absolute atomic E-state index is 0.159. The van der Waals surface area contributed by atoms with Gasteiger partial charge in [0.15, 0.2) is 0 Å². The summed E-state index contributed by atoms with van der Waals surface area (Å²) in [5.41, 5.74) is 6.52. The van der Waals surface area contributed by atoms with Crippen LogP contribution in [0.1, 0.15) is 24.8 Å². The van der Waals surface area contributed by atoms with Gasteiger partial charge in [-0.1, -0.05) is 30.3 Å². The molecule has 2 atom stereocenters. The predicted molar refractivity (Wildman–Crippen MR) is 74.4 cm³/mol. The van der Waals surface area contributed by atoms with E-state index in [4.69, 9.17) is 10.5 Å². The number of benzene rings is 1. The Morgan fingerprint density at radius 3 is 2.89 bits per heavy atom. The number of nitrogens with two attached hydrogens (primary N) is 1. The maximum atomic E-state index is 11.1. The van der Waals surface area contributed by atoms with Crippen LogP contribution in [0.3, 0.4) is 0 Å². The second-order valence-electron chi connectivity index (χ2n) is 5.13. The predicted octanol–water partition coefficient (Wildman–Crippen LogP) is 1.45. The first-order valence-electron chi connectivity index (χ1n) is 6.90. The highest BCUT2D eigenvalue weighted by molar-refractivity contribution is 5.79. The van der Waals surface area contributed by atoms with Gasteiger partial charge in [0.25, 0.3) is 0 Å². The molecular formula is C15H22N2O2. The van der Waals surface area contributed by atoms with E-state index in [0.29, 0.717) is 12.5 Å². The maximum absolute atomic E-state index is 11.1. The molecule has 0 radical (unpaired) electrons. The van der Waals surface area contributed by atoms with Crippen molar-refractivity contribution >= 4 is 5.91 Å². The molecule has 1 aliphatic rings. The van der Waals surface area contributed by atoms with Crippen molar-refractivity contribution in [3.63, 3.8) is 0 Å². The lowest BCUT2D eigenvalue weighted by Crippen LogP contribution is -2.46. The summed E-state index contributed by atoms with van der Waals surface area (Å²) in [6, 6.07) is 10.0. The third-order valence-electron chi connectivity index (χ3n) is 3.64. The third kappa shape index (κ3) is 4.65. The zero-order valence-corrected chi connectivity index (χ0v) is 11.2. The number of piperidine rings is 1. The molecule has 4 heteroatoms. The van der Waals surface area contributed by atoms with Crippen molar-refractivity contribution in [3.05, 3.63) is 35.9 Å². The van der Waals surface area contributed by atoms with E-state index in [1.54, 1.807) is 0 Å². The topological polar surface area (TPSA) is 64.4 Å². The SMILES string of the molecule is NC(=O)C1CC(CCOCc2ccccc2)CCN1. The maximum Gasteiger partial charge on any atom is 0.234 e. The Balaban J connectivity index is 1.64. The monoisotopic (exact) mass is 262 g/mol. The lowest BCUT2D eigenvalue weighted by molar-refractivity contribution is -0.121. The number of rotatable bonds is 6. The standard InChI is InChI=1S/C15H22N2O2/c16-15(18)14-10-12(6-8-17-14)7-9-19-11-13-4-2-1-3-5-13/h1-5,12,14,17H,6-11H2,(H2,16,18). The van der Waals surface area contributed by atoms with Crippen molar-refractivity contribution in [1.82, 2.24) is 5.32 Å². The van der Waals surface area contributed by atoms with Crippen LogP contribution in [0.4, 0.5) is 0 Å². The largest absolute Gasteiger partial charge is 0.377 e. The van der Waals surface area contributed by atoms with Crippen LogP contribution in [0.2, 0.25) is 0 Å². The van der Waals surface area contributed by atoms with Crippen molar-refractivity contribution in [2.45, 2.75) is 31.9 Å². The summed E-state index contributed by atoms with van der Waals surface area (Å²) in [4.78, 5) is 11.1. The molecule has 0 bridgehead atoms. The van der Waals surface area contributed by atoms with Crippen molar-refractivity contribution in [1.29, 1.82) is 0 Å². The van der Waals surface area contributed by atoms with E-state index in [1.807, 2.05) is 18.2 Å². The first kappa shape index (κ1) is 14.0. The van der Waals surface area contributed by atoms with E-state index >= 15 is 0 Å². The van der Waals surface area contributed by atoms with Crippen LogP contribution in [0, 0.1) is 5.92 Å². The van der Waals surface area contributed by atoms with Crippen LogP contribution < -0.4 is 11.1 Å². The van der Waals surface area contributed by atoms with Crippen LogP contribution in [0.5, 0.6) is 0 Å². The van der Waals surface area contributed by atoms with Gasteiger partial charge >= 0.3 is 0 Å². The number of nitrogens with one attached hydrogen (secondary N) is 1. The molecule has 2 unspecified atom stereocenters. The molecule has 1 aromatic carbocycles. The third-order valence-corrected chi connectivity index (χ3v) is 3.64. The van der Waals surface area contributed by atoms with E-state index in [-0.39, 0.29) is 11.9 Å². The van der Waals surface area contributed by atoms with Gasteiger partial charge in [0.1, 0.15) is 0 Å². The number of hydrogen-bond acceptors (Lipinski definition) is 3. The van der Waals surface area contributed by atoms with Crippen molar-refractivity contribution in [2.24, 2.45) is 11.7 Å². The summed E-state index contributed by atoms with van der Waals surface area (Å²) in [6.45, 7) is 2.27. The Morgan fingerprint density at radius 2 is 2.16 bits per heavy atom. The number of amides is 1. The highest BCUT2D eigenvalue weighted by Crippen LogP contribution is 2.19. The van der Waals surface area contributed by atoms with Gasteiger partial charge in [-0.3, -0.25) is 4.79 Å². The number of carbonyl (C=O) groups is 1. The molecule has 19 heavy (non-hydrogen) atoms. The van der Waals surface area contributed by atoms with Crippen LogP contribution in [-0.2, 0) is 16.1 Å². The van der Waals surface area contributed by atoms with Gasteiger partial charge in [0.2, 0.25) is 5.91 Å². The normalized spacial score (nSPS) is 23.2. The second kappa shape index (κ2) is 7.26. The van der Waals surface area contributed by atoms with Gasteiger partial charge in [0, 0.05) is 6.61 Å². The van der Waals surface area contributed by atoms with Gasteiger partial charge in [-0.15, -0.1) is 0 Å². The summed E-state index contributed by atoms with van der Waals surface area (Å²) >= 11 is 0. The zero-order chi connectivity index (χ0) is 13.5. The zero-order valence-electron chi connectivity index (χ0n) is 11.2. The molecule has 3 N–H and O–H groups in total. The van der Waals surface area contributed by atoms with Gasteiger partial charge < -0.3 is 15.8 Å². The number of ether oxygens (including phenoxy) is 1. The van der Waals surface area contributed by atoms with E-state index < -0.39 is 0 Å². The Labute approximate surface area is 114 Å². The van der Waals surface area contributed by atoms with E-state index in [0.717, 1.165) is 32.4 Å². The van der Waals surface area contributed by atoms with E-state index in [2.05, 4.69) is 17.4 Å². The molecule has 1 aliphatic heterocycles. The lowest BCUT2D eigenvalue weighted by atomic mass is 9.90. The highest BCUT2D eigenvalue weighted by Gasteiger charge is 2.24. The average molecular weight is 262 g/mol. The summed E-state index contributed by atoms with van der Waals surface area (Å²) in [5.74, 6) is 0.296. The molecule has 1 fully saturated rings. The number of hydrogen-bond donors (Lipinski definition) is 2. The van der Waals surface area contributed by atoms with Gasteiger partial charge in [-0.05, 0) is 37.3 Å². The molecule has 0 spiro atoms. The van der Waals surface area contributed by atoms with Gasteiger partial charge in [-0.25, -0.2) is 0 Å². The smallest absolute Gasteiger partial charge is 0.234 e. The number of primary amides is 1. The highest BCUT2D eigenvalue weighted by atomic mass is 16.5. The number of carbonyl (C=O) groups excluding carboxylic acids is 1. The van der Waals surface area contributed by atoms with Crippen LogP contribution in [0.25, 0.3) is 0 Å². The van der Waals surface area contributed by atoms with Crippen LogP contribution >= 0.6 is 0 Å². The molecule has 1 amide bonds. The van der Waals surface area contributed by atoms with Gasteiger partial charge in [0.05, 0.1) is 12.6 Å². The minimum atomic E-state index is -0.241. The fraction of sp³-hybridized carbons (Fsp3) is 0.533. The minimum Gasteiger partial charge on any atom is -0.377 e. The molecule has 0 aliphatic carbocycles. The molecule has 1 aromatic rings. The summed E-state index contributed by atoms with van der Waals surface area (Å²) in [5, 5.41) is 3.15. The van der Waals surface area contributed by atoms with Crippen molar-refractivity contribution in [2.75, 3.05) is 13.2 Å². The molecule has 2 rings (SSSR count). The summed E-state index contributed by atoms with van der Waals surface area (Å²) < 4.78 is 5.68. The quantitative estimate of drug-likeness (QED) is 0.763. The lowest BCUT2D eigenvalue weighted by Gasteiger charge is -2.28. The summed E-state index contributed by atoms with van der Waals surface area (Å²) in [6.07, 6.45) is 2.93. The fourth-order valence-electron chi connectivity index (χ4n) is 2.49. The molecule has 0 aromatic heterocycles. The molecule has 1 heterocycles. The average Bonchev–Trinajstić information content (AvgIpc) is 2.45. The first-order valence-corrected chi connectivity index (χ1v) is 6.90. The van der Waals surface area contributed by atoms with E-state index in [9.17, 15) is 4.79 Å². The molecule has 1 saturated heterocycles. The van der Waals surface area contributed by atoms with Gasteiger partial charge in [-0.2, -0.15) is 0 Å². The van der Waals surface area contributed by atoms with Crippen molar-refractivity contribution < 1.29 is 9.53 Å². The fourth-order valence-corrected chi connectivity index (χ4v) is 2.49.